The van der Waals surface area contributed by atoms with Crippen LogP contribution in [0.25, 0.3) is 0 Å². The van der Waals surface area contributed by atoms with E-state index >= 15 is 0 Å². The normalized spacial score (nSPS) is 11.9. The molecular weight excluding hydrogens is 252 g/mol. The molecule has 0 N–H and O–H groups in total. The van der Waals surface area contributed by atoms with Crippen LogP contribution < -0.4 is 0 Å². The summed E-state index contributed by atoms with van der Waals surface area (Å²) in [5, 5.41) is 11.4. The smallest absolute Gasteiger partial charge is 0.374 e. The van der Waals surface area contributed by atoms with Crippen molar-refractivity contribution in [2.45, 2.75) is 39.8 Å². The molecule has 1 heterocycles. The zero-order chi connectivity index (χ0) is 13.3. The van der Waals surface area contributed by atoms with Crippen LogP contribution in [0.4, 0.5) is 0 Å². The van der Waals surface area contributed by atoms with E-state index in [1.807, 2.05) is 20.8 Å². The molecule has 1 aromatic heterocycles. The third kappa shape index (κ3) is 4.81. The Hall–Kier alpha value is -0.833. The molecule has 8 heteroatoms. The van der Waals surface area contributed by atoms with Crippen LogP contribution >= 0.6 is 0 Å². The van der Waals surface area contributed by atoms with Gasteiger partial charge >= 0.3 is 8.80 Å². The van der Waals surface area contributed by atoms with Gasteiger partial charge in [-0.2, -0.15) is 4.80 Å². The number of hydrogen-bond donors (Lipinski definition) is 0. The van der Waals surface area contributed by atoms with Crippen molar-refractivity contribution in [2.75, 3.05) is 19.8 Å². The first kappa shape index (κ1) is 15.2. The molecule has 0 radical (unpaired) electrons. The highest BCUT2D eigenvalue weighted by Gasteiger charge is 2.39. The largest absolute Gasteiger partial charge is 0.500 e. The van der Waals surface area contributed by atoms with E-state index in [1.54, 1.807) is 4.80 Å². The van der Waals surface area contributed by atoms with Gasteiger partial charge in [-0.3, -0.25) is 0 Å². The fourth-order valence-corrected chi connectivity index (χ4v) is 4.32. The van der Waals surface area contributed by atoms with Gasteiger partial charge < -0.3 is 13.3 Å². The Morgan fingerprint density at radius 1 is 1.06 bits per heavy atom. The van der Waals surface area contributed by atoms with Gasteiger partial charge in [-0.05, 0) is 32.4 Å². The van der Waals surface area contributed by atoms with Crippen LogP contribution in [0.15, 0.2) is 6.33 Å². The lowest BCUT2D eigenvalue weighted by atomic mass is 10.5. The second kappa shape index (κ2) is 8.30. The molecule has 0 amide bonds. The lowest BCUT2D eigenvalue weighted by molar-refractivity contribution is 0.0703. The van der Waals surface area contributed by atoms with Crippen LogP contribution in [0.5, 0.6) is 0 Å². The minimum absolute atomic E-state index is 0.605. The molecule has 0 aliphatic heterocycles. The number of rotatable bonds is 10. The quantitative estimate of drug-likeness (QED) is 0.595. The van der Waals surface area contributed by atoms with Crippen molar-refractivity contribution >= 4 is 8.80 Å². The van der Waals surface area contributed by atoms with Crippen LogP contribution in [-0.4, -0.2) is 48.8 Å². The Balaban J connectivity index is 2.47. The SMILES string of the molecule is CCO[Si](CCCn1ncnn1)(OCC)OCC. The lowest BCUT2D eigenvalue weighted by Gasteiger charge is -2.28. The predicted molar refractivity (Wildman–Crippen MR) is 67.9 cm³/mol. The molecule has 7 nitrogen and oxygen atoms in total. The number of nitrogens with zero attached hydrogens (tertiary/aromatic N) is 4. The van der Waals surface area contributed by atoms with Gasteiger partial charge in [-0.1, -0.05) is 0 Å². The van der Waals surface area contributed by atoms with Gasteiger partial charge in [0.25, 0.3) is 0 Å². The summed E-state index contributed by atoms with van der Waals surface area (Å²) in [6.07, 6.45) is 2.28. The van der Waals surface area contributed by atoms with E-state index in [0.29, 0.717) is 26.4 Å². The predicted octanol–water partition coefficient (Wildman–Crippen LogP) is 1.11. The summed E-state index contributed by atoms with van der Waals surface area (Å²) in [6, 6.07) is 0.768. The van der Waals surface area contributed by atoms with E-state index in [-0.39, 0.29) is 0 Å². The van der Waals surface area contributed by atoms with Gasteiger partial charge in [0, 0.05) is 25.9 Å². The van der Waals surface area contributed by atoms with E-state index in [1.165, 1.54) is 6.33 Å². The zero-order valence-corrected chi connectivity index (χ0v) is 12.3. The summed E-state index contributed by atoms with van der Waals surface area (Å²) < 4.78 is 17.3. The average Bonchev–Trinajstić information content (AvgIpc) is 2.83. The summed E-state index contributed by atoms with van der Waals surface area (Å²) in [7, 11) is -2.52. The Morgan fingerprint density at radius 2 is 1.67 bits per heavy atom. The average molecular weight is 274 g/mol. The van der Waals surface area contributed by atoms with E-state index in [2.05, 4.69) is 15.4 Å². The van der Waals surface area contributed by atoms with E-state index < -0.39 is 8.80 Å². The summed E-state index contributed by atoms with van der Waals surface area (Å²) in [4.78, 5) is 1.56. The summed E-state index contributed by atoms with van der Waals surface area (Å²) in [5.74, 6) is 0. The molecule has 0 saturated heterocycles. The van der Waals surface area contributed by atoms with Crippen molar-refractivity contribution in [1.82, 2.24) is 20.2 Å². The maximum atomic E-state index is 5.76. The van der Waals surface area contributed by atoms with Gasteiger partial charge in [-0.15, -0.1) is 10.2 Å². The van der Waals surface area contributed by atoms with E-state index in [4.69, 9.17) is 13.3 Å². The van der Waals surface area contributed by atoms with Crippen molar-refractivity contribution in [3.8, 4) is 0 Å². The number of aromatic nitrogens is 4. The maximum Gasteiger partial charge on any atom is 0.500 e. The molecule has 0 fully saturated rings. The molecule has 0 unspecified atom stereocenters. The highest BCUT2D eigenvalue weighted by atomic mass is 28.4. The molecule has 0 saturated carbocycles. The van der Waals surface area contributed by atoms with Crippen LogP contribution in [0.2, 0.25) is 6.04 Å². The van der Waals surface area contributed by atoms with Gasteiger partial charge in [-0.25, -0.2) is 0 Å². The van der Waals surface area contributed by atoms with Gasteiger partial charge in [0.05, 0.1) is 6.54 Å². The molecule has 18 heavy (non-hydrogen) atoms. The molecule has 1 aromatic rings. The van der Waals surface area contributed by atoms with Crippen molar-refractivity contribution < 1.29 is 13.3 Å². The van der Waals surface area contributed by atoms with Crippen molar-refractivity contribution in [2.24, 2.45) is 0 Å². The van der Waals surface area contributed by atoms with Gasteiger partial charge in [0.15, 0.2) is 6.33 Å². The fraction of sp³-hybridized carbons (Fsp3) is 0.900. The second-order valence-electron chi connectivity index (χ2n) is 3.62. The molecule has 104 valence electrons. The Labute approximate surface area is 109 Å². The molecule has 0 aromatic carbocycles. The number of hydrogen-bond acceptors (Lipinski definition) is 6. The van der Waals surface area contributed by atoms with E-state index in [9.17, 15) is 0 Å². The first-order valence-corrected chi connectivity index (χ1v) is 8.32. The molecule has 0 spiro atoms. The van der Waals surface area contributed by atoms with Crippen molar-refractivity contribution in [1.29, 1.82) is 0 Å². The van der Waals surface area contributed by atoms with Gasteiger partial charge in [0.1, 0.15) is 0 Å². The van der Waals surface area contributed by atoms with Crippen LogP contribution in [0.1, 0.15) is 27.2 Å². The van der Waals surface area contributed by atoms with Crippen molar-refractivity contribution in [3.63, 3.8) is 0 Å². The minimum atomic E-state index is -2.52. The Morgan fingerprint density at radius 3 is 2.11 bits per heavy atom. The zero-order valence-electron chi connectivity index (χ0n) is 11.3. The molecule has 0 bridgehead atoms. The fourth-order valence-electron chi connectivity index (χ4n) is 1.73. The molecule has 0 atom stereocenters. The molecule has 0 aliphatic rings. The standard InChI is InChI=1S/C10H22N4O3Si/c1-4-15-18(16-5-2,17-6-3)9-7-8-14-12-10-11-13-14/h10H,4-9H2,1-3H3. The highest BCUT2D eigenvalue weighted by molar-refractivity contribution is 6.60. The third-order valence-electron chi connectivity index (χ3n) is 2.33. The maximum absolute atomic E-state index is 5.76. The molecule has 1 rings (SSSR count). The Kier molecular flexibility index (Phi) is 7.02. The number of tetrazole rings is 1. The summed E-state index contributed by atoms with van der Waals surface area (Å²) >= 11 is 0. The minimum Gasteiger partial charge on any atom is -0.374 e. The topological polar surface area (TPSA) is 71.3 Å². The molecule has 0 aliphatic carbocycles. The first-order valence-electron chi connectivity index (χ1n) is 6.39. The third-order valence-corrected chi connectivity index (χ3v) is 5.48. The van der Waals surface area contributed by atoms with Gasteiger partial charge in [0.2, 0.25) is 0 Å². The van der Waals surface area contributed by atoms with Crippen LogP contribution in [0, 0.1) is 0 Å². The summed E-state index contributed by atoms with van der Waals surface area (Å²) in [6.45, 7) is 8.38. The second-order valence-corrected chi connectivity index (χ2v) is 6.35. The lowest BCUT2D eigenvalue weighted by Crippen LogP contribution is -2.46. The highest BCUT2D eigenvalue weighted by Crippen LogP contribution is 2.18. The first-order chi connectivity index (χ1) is 8.76. The van der Waals surface area contributed by atoms with E-state index in [0.717, 1.165) is 12.5 Å². The van der Waals surface area contributed by atoms with Crippen molar-refractivity contribution in [3.05, 3.63) is 6.33 Å². The molecular formula is C10H22N4O3Si. The summed E-state index contributed by atoms with van der Waals surface area (Å²) in [5.41, 5.74) is 0. The van der Waals surface area contributed by atoms with Crippen LogP contribution in [-0.2, 0) is 19.8 Å². The Bertz CT molecular complexity index is 293. The number of aryl methyl sites for hydroxylation is 1. The monoisotopic (exact) mass is 274 g/mol. The van der Waals surface area contributed by atoms with Crippen LogP contribution in [0.3, 0.4) is 0 Å².